The standard InChI is InChI=1S/C10H19F3N2/c1-8-6-14-7-9(2)15(8)5-3-4-10(11,12)13/h8-9,14H,3-7H2,1-2H3/t8-,9+. The molecule has 15 heavy (non-hydrogen) atoms. The van der Waals surface area contributed by atoms with Gasteiger partial charge in [-0.25, -0.2) is 0 Å². The van der Waals surface area contributed by atoms with Gasteiger partial charge in [0, 0.05) is 31.6 Å². The molecule has 1 saturated heterocycles. The van der Waals surface area contributed by atoms with Crippen LogP contribution in [0.15, 0.2) is 0 Å². The van der Waals surface area contributed by atoms with Crippen molar-refractivity contribution in [2.24, 2.45) is 0 Å². The first-order valence-corrected chi connectivity index (χ1v) is 5.43. The van der Waals surface area contributed by atoms with Crippen molar-refractivity contribution >= 4 is 0 Å². The van der Waals surface area contributed by atoms with Crippen LogP contribution in [-0.2, 0) is 0 Å². The first kappa shape index (κ1) is 12.8. The third-order valence-corrected chi connectivity index (χ3v) is 2.89. The summed E-state index contributed by atoms with van der Waals surface area (Å²) in [5, 5.41) is 3.26. The van der Waals surface area contributed by atoms with Gasteiger partial charge in [0.2, 0.25) is 0 Å². The van der Waals surface area contributed by atoms with Crippen LogP contribution >= 0.6 is 0 Å². The summed E-state index contributed by atoms with van der Waals surface area (Å²) in [4.78, 5) is 2.16. The van der Waals surface area contributed by atoms with Gasteiger partial charge in [0.15, 0.2) is 0 Å². The van der Waals surface area contributed by atoms with Crippen molar-refractivity contribution in [1.29, 1.82) is 0 Å². The highest BCUT2D eigenvalue weighted by molar-refractivity contribution is 4.82. The van der Waals surface area contributed by atoms with Crippen LogP contribution in [0, 0.1) is 0 Å². The van der Waals surface area contributed by atoms with Crippen LogP contribution in [0.5, 0.6) is 0 Å². The van der Waals surface area contributed by atoms with E-state index in [9.17, 15) is 13.2 Å². The molecule has 1 heterocycles. The summed E-state index contributed by atoms with van der Waals surface area (Å²) in [6.07, 6.45) is -4.48. The summed E-state index contributed by atoms with van der Waals surface area (Å²) in [6, 6.07) is 0.670. The van der Waals surface area contributed by atoms with E-state index in [-0.39, 0.29) is 6.42 Å². The number of nitrogens with zero attached hydrogens (tertiary/aromatic N) is 1. The SMILES string of the molecule is C[C@@H]1CNC[C@H](C)N1CCCC(F)(F)F. The Bertz CT molecular complexity index is 184. The van der Waals surface area contributed by atoms with Crippen LogP contribution in [0.4, 0.5) is 13.2 Å². The van der Waals surface area contributed by atoms with E-state index < -0.39 is 12.6 Å². The minimum absolute atomic E-state index is 0.207. The Balaban J connectivity index is 2.29. The molecule has 0 aromatic carbocycles. The maximum atomic E-state index is 12.0. The first-order valence-electron chi connectivity index (χ1n) is 5.43. The molecule has 0 aliphatic carbocycles. The van der Waals surface area contributed by atoms with Crippen molar-refractivity contribution in [3.05, 3.63) is 0 Å². The highest BCUT2D eigenvalue weighted by atomic mass is 19.4. The predicted octanol–water partition coefficient (Wildman–Crippen LogP) is 2.01. The summed E-state index contributed by atoms with van der Waals surface area (Å²) in [6.45, 7) is 6.39. The third kappa shape index (κ3) is 4.38. The van der Waals surface area contributed by atoms with Gasteiger partial charge in [0.1, 0.15) is 0 Å². The maximum Gasteiger partial charge on any atom is 0.389 e. The van der Waals surface area contributed by atoms with Crippen molar-refractivity contribution in [1.82, 2.24) is 10.2 Å². The number of hydrogen-bond donors (Lipinski definition) is 1. The van der Waals surface area contributed by atoms with Gasteiger partial charge in [-0.2, -0.15) is 13.2 Å². The quantitative estimate of drug-likeness (QED) is 0.789. The van der Waals surface area contributed by atoms with Crippen LogP contribution in [0.2, 0.25) is 0 Å². The number of nitrogens with one attached hydrogen (secondary N) is 1. The van der Waals surface area contributed by atoms with E-state index in [0.29, 0.717) is 18.6 Å². The minimum atomic E-state index is -4.01. The van der Waals surface area contributed by atoms with Gasteiger partial charge in [-0.15, -0.1) is 0 Å². The van der Waals surface area contributed by atoms with Gasteiger partial charge < -0.3 is 5.32 Å². The number of rotatable bonds is 3. The Morgan fingerprint density at radius 1 is 1.20 bits per heavy atom. The van der Waals surface area contributed by atoms with Crippen molar-refractivity contribution in [2.75, 3.05) is 19.6 Å². The summed E-state index contributed by atoms with van der Waals surface area (Å²) >= 11 is 0. The lowest BCUT2D eigenvalue weighted by Crippen LogP contribution is -2.55. The molecule has 1 aliphatic rings. The highest BCUT2D eigenvalue weighted by Crippen LogP contribution is 2.22. The zero-order valence-corrected chi connectivity index (χ0v) is 9.27. The second kappa shape index (κ2) is 5.16. The second-order valence-electron chi connectivity index (χ2n) is 4.31. The van der Waals surface area contributed by atoms with Gasteiger partial charge in [0.05, 0.1) is 0 Å². The highest BCUT2D eigenvalue weighted by Gasteiger charge is 2.29. The minimum Gasteiger partial charge on any atom is -0.314 e. The Hall–Kier alpha value is -0.290. The van der Waals surface area contributed by atoms with Crippen molar-refractivity contribution < 1.29 is 13.2 Å². The molecule has 0 bridgehead atoms. The predicted molar refractivity (Wildman–Crippen MR) is 53.8 cm³/mol. The molecular weight excluding hydrogens is 205 g/mol. The lowest BCUT2D eigenvalue weighted by molar-refractivity contribution is -0.136. The van der Waals surface area contributed by atoms with E-state index in [1.54, 1.807) is 0 Å². The Morgan fingerprint density at radius 3 is 2.20 bits per heavy atom. The van der Waals surface area contributed by atoms with E-state index in [1.165, 1.54) is 0 Å². The molecule has 0 aromatic rings. The maximum absolute atomic E-state index is 12.0. The number of hydrogen-bond acceptors (Lipinski definition) is 2. The fourth-order valence-corrected chi connectivity index (χ4v) is 2.07. The molecule has 2 nitrogen and oxygen atoms in total. The fraction of sp³-hybridized carbons (Fsp3) is 1.00. The zero-order chi connectivity index (χ0) is 11.5. The lowest BCUT2D eigenvalue weighted by atomic mass is 10.1. The van der Waals surface area contributed by atoms with Crippen molar-refractivity contribution in [3.63, 3.8) is 0 Å². The summed E-state index contributed by atoms with van der Waals surface area (Å²) in [5.41, 5.74) is 0. The van der Waals surface area contributed by atoms with E-state index in [1.807, 2.05) is 0 Å². The average molecular weight is 224 g/mol. The second-order valence-corrected chi connectivity index (χ2v) is 4.31. The van der Waals surface area contributed by atoms with Gasteiger partial charge in [-0.05, 0) is 26.8 Å². The van der Waals surface area contributed by atoms with Crippen LogP contribution in [0.3, 0.4) is 0 Å². The van der Waals surface area contributed by atoms with E-state index >= 15 is 0 Å². The zero-order valence-electron chi connectivity index (χ0n) is 9.27. The molecule has 0 spiro atoms. The normalized spacial score (nSPS) is 29.4. The van der Waals surface area contributed by atoms with Crippen molar-refractivity contribution in [2.45, 2.75) is 44.9 Å². The van der Waals surface area contributed by atoms with Crippen LogP contribution in [-0.4, -0.2) is 42.8 Å². The van der Waals surface area contributed by atoms with E-state index in [0.717, 1.165) is 13.1 Å². The first-order chi connectivity index (χ1) is 6.90. The van der Waals surface area contributed by atoms with Crippen molar-refractivity contribution in [3.8, 4) is 0 Å². The van der Waals surface area contributed by atoms with Gasteiger partial charge in [-0.3, -0.25) is 4.90 Å². The van der Waals surface area contributed by atoms with Crippen LogP contribution < -0.4 is 5.32 Å². The molecule has 0 amide bonds. The third-order valence-electron chi connectivity index (χ3n) is 2.89. The monoisotopic (exact) mass is 224 g/mol. The Labute approximate surface area is 88.8 Å². The molecule has 1 N–H and O–H groups in total. The molecule has 2 atom stereocenters. The average Bonchev–Trinajstić information content (AvgIpc) is 2.08. The molecule has 1 fully saturated rings. The molecule has 0 aromatic heterocycles. The number of alkyl halides is 3. The van der Waals surface area contributed by atoms with Crippen LogP contribution in [0.1, 0.15) is 26.7 Å². The van der Waals surface area contributed by atoms with Crippen LogP contribution in [0.25, 0.3) is 0 Å². The molecule has 5 heteroatoms. The Morgan fingerprint density at radius 2 is 1.73 bits per heavy atom. The molecular formula is C10H19F3N2. The summed E-state index contributed by atoms with van der Waals surface area (Å²) < 4.78 is 35.9. The number of piperazine rings is 1. The summed E-state index contributed by atoms with van der Waals surface area (Å²) in [5.74, 6) is 0. The number of halogens is 3. The lowest BCUT2D eigenvalue weighted by Gasteiger charge is -2.39. The van der Waals surface area contributed by atoms with Gasteiger partial charge >= 0.3 is 6.18 Å². The molecule has 0 unspecified atom stereocenters. The fourth-order valence-electron chi connectivity index (χ4n) is 2.07. The molecule has 0 radical (unpaired) electrons. The molecule has 0 saturated carbocycles. The smallest absolute Gasteiger partial charge is 0.314 e. The van der Waals surface area contributed by atoms with E-state index in [4.69, 9.17) is 0 Å². The topological polar surface area (TPSA) is 15.3 Å². The molecule has 1 aliphatic heterocycles. The Kier molecular flexibility index (Phi) is 4.40. The van der Waals surface area contributed by atoms with Gasteiger partial charge in [-0.1, -0.05) is 0 Å². The summed E-state index contributed by atoms with van der Waals surface area (Å²) in [7, 11) is 0. The largest absolute Gasteiger partial charge is 0.389 e. The van der Waals surface area contributed by atoms with Gasteiger partial charge in [0.25, 0.3) is 0 Å². The molecule has 90 valence electrons. The molecule has 1 rings (SSSR count). The van der Waals surface area contributed by atoms with E-state index in [2.05, 4.69) is 24.1 Å².